The summed E-state index contributed by atoms with van der Waals surface area (Å²) in [6.07, 6.45) is 0.891. The van der Waals surface area contributed by atoms with Crippen LogP contribution in [-0.2, 0) is 26.2 Å². The smallest absolute Gasteiger partial charge is 0.271 e. The minimum Gasteiger partial charge on any atom is -0.495 e. The molecule has 0 heterocycles. The predicted molar refractivity (Wildman–Crippen MR) is 141 cm³/mol. The second-order valence-electron chi connectivity index (χ2n) is 9.21. The van der Waals surface area contributed by atoms with Crippen molar-refractivity contribution in [2.24, 2.45) is 5.92 Å². The van der Waals surface area contributed by atoms with E-state index in [1.54, 1.807) is 6.92 Å². The zero-order valence-electron chi connectivity index (χ0n) is 21.9. The summed E-state index contributed by atoms with van der Waals surface area (Å²) >= 11 is 0. The van der Waals surface area contributed by atoms with Crippen molar-refractivity contribution in [1.29, 1.82) is 0 Å². The first-order chi connectivity index (χ1) is 17.2. The van der Waals surface area contributed by atoms with Crippen molar-refractivity contribution in [1.82, 2.24) is 10.2 Å². The average molecular weight is 535 g/mol. The first kappa shape index (κ1) is 29.6. The normalized spacial score (nSPS) is 12.1. The molecule has 0 aliphatic rings. The minimum absolute atomic E-state index is 0.0386. The van der Waals surface area contributed by atoms with E-state index in [1.165, 1.54) is 24.1 Å². The number of amides is 2. The van der Waals surface area contributed by atoms with Crippen LogP contribution >= 0.6 is 0 Å². The van der Waals surface area contributed by atoms with E-state index in [9.17, 15) is 28.1 Å². The Morgan fingerprint density at radius 3 is 2.24 bits per heavy atom. The van der Waals surface area contributed by atoms with E-state index in [2.05, 4.69) is 5.32 Å². The lowest BCUT2D eigenvalue weighted by atomic mass is 10.1. The Bertz CT molecular complexity index is 1230. The SMILES string of the molecule is COc1ccc([N+](=O)[O-])cc1N(CC(=O)N(Cc1ccc(C)cc1)[C@@H](C)C(=O)NCC(C)C)S(C)(=O)=O. The number of nitrogens with zero attached hydrogens (tertiary/aromatic N) is 3. The van der Waals surface area contributed by atoms with Crippen molar-refractivity contribution in [3.8, 4) is 5.75 Å². The molecule has 37 heavy (non-hydrogen) atoms. The first-order valence-corrected chi connectivity index (χ1v) is 13.5. The van der Waals surface area contributed by atoms with Gasteiger partial charge in [0.15, 0.2) is 0 Å². The Morgan fingerprint density at radius 1 is 1.11 bits per heavy atom. The molecular formula is C25H34N4O7S. The Hall–Kier alpha value is -3.67. The van der Waals surface area contributed by atoms with E-state index in [0.29, 0.717) is 6.54 Å². The van der Waals surface area contributed by atoms with Crippen LogP contribution in [0.4, 0.5) is 11.4 Å². The van der Waals surface area contributed by atoms with Gasteiger partial charge in [-0.05, 0) is 31.4 Å². The number of methoxy groups -OCH3 is 1. The van der Waals surface area contributed by atoms with Gasteiger partial charge in [-0.2, -0.15) is 0 Å². The third-order valence-electron chi connectivity index (χ3n) is 5.65. The number of non-ortho nitro benzene ring substituents is 1. The second-order valence-corrected chi connectivity index (χ2v) is 11.1. The summed E-state index contributed by atoms with van der Waals surface area (Å²) in [5.41, 5.74) is 1.25. The molecule has 0 saturated heterocycles. The Kier molecular flexibility index (Phi) is 10.0. The third-order valence-corrected chi connectivity index (χ3v) is 6.77. The molecule has 12 heteroatoms. The van der Waals surface area contributed by atoms with Gasteiger partial charge in [0, 0.05) is 25.2 Å². The van der Waals surface area contributed by atoms with Crippen LogP contribution in [0.1, 0.15) is 31.9 Å². The van der Waals surface area contributed by atoms with Gasteiger partial charge in [-0.3, -0.25) is 24.0 Å². The second kappa shape index (κ2) is 12.5. The average Bonchev–Trinajstić information content (AvgIpc) is 2.83. The molecule has 0 spiro atoms. The van der Waals surface area contributed by atoms with Gasteiger partial charge >= 0.3 is 0 Å². The molecular weight excluding hydrogens is 500 g/mol. The number of rotatable bonds is 12. The number of nitro groups is 1. The standard InChI is InChI=1S/C25H34N4O7S/c1-17(2)14-26-25(31)19(4)27(15-20-9-7-18(3)8-10-20)24(30)16-28(37(6,34)35)22-13-21(29(32)33)11-12-23(22)36-5/h7-13,17,19H,14-16H2,1-6H3,(H,26,31)/t19-/m0/s1. The van der Waals surface area contributed by atoms with Crippen LogP contribution in [0.2, 0.25) is 0 Å². The fraction of sp³-hybridized carbons (Fsp3) is 0.440. The number of sulfonamides is 1. The highest BCUT2D eigenvalue weighted by molar-refractivity contribution is 7.92. The Morgan fingerprint density at radius 2 is 1.73 bits per heavy atom. The van der Waals surface area contributed by atoms with Crippen LogP contribution in [0, 0.1) is 23.0 Å². The maximum atomic E-state index is 13.6. The number of benzene rings is 2. The van der Waals surface area contributed by atoms with Gasteiger partial charge < -0.3 is 15.0 Å². The van der Waals surface area contributed by atoms with Gasteiger partial charge in [-0.25, -0.2) is 8.42 Å². The highest BCUT2D eigenvalue weighted by atomic mass is 32.2. The van der Waals surface area contributed by atoms with Crippen LogP contribution in [0.15, 0.2) is 42.5 Å². The fourth-order valence-corrected chi connectivity index (χ4v) is 4.35. The molecule has 11 nitrogen and oxygen atoms in total. The molecule has 2 aromatic carbocycles. The summed E-state index contributed by atoms with van der Waals surface area (Å²) in [6, 6.07) is 9.96. The number of anilines is 1. The number of carbonyl (C=O) groups is 2. The zero-order chi connectivity index (χ0) is 27.9. The van der Waals surface area contributed by atoms with E-state index in [1.807, 2.05) is 45.0 Å². The van der Waals surface area contributed by atoms with Crippen molar-refractivity contribution in [3.63, 3.8) is 0 Å². The monoisotopic (exact) mass is 534 g/mol. The number of ether oxygens (including phenoxy) is 1. The number of hydrogen-bond acceptors (Lipinski definition) is 7. The van der Waals surface area contributed by atoms with E-state index in [0.717, 1.165) is 27.8 Å². The number of nitro benzene ring substituents is 1. The van der Waals surface area contributed by atoms with Crippen LogP contribution in [0.25, 0.3) is 0 Å². The molecule has 202 valence electrons. The zero-order valence-corrected chi connectivity index (χ0v) is 22.7. The summed E-state index contributed by atoms with van der Waals surface area (Å²) in [4.78, 5) is 38.4. The van der Waals surface area contributed by atoms with Gasteiger partial charge in [-0.1, -0.05) is 43.7 Å². The molecule has 2 rings (SSSR count). The quantitative estimate of drug-likeness (QED) is 0.326. The molecule has 2 amide bonds. The van der Waals surface area contributed by atoms with E-state index in [-0.39, 0.29) is 35.5 Å². The summed E-state index contributed by atoms with van der Waals surface area (Å²) in [5.74, 6) is -0.809. The molecule has 0 saturated carbocycles. The van der Waals surface area contributed by atoms with Crippen molar-refractivity contribution >= 4 is 33.2 Å². The Balaban J connectivity index is 2.48. The molecule has 0 unspecified atom stereocenters. The maximum Gasteiger partial charge on any atom is 0.271 e. The Labute approximate surface area is 217 Å². The lowest BCUT2D eigenvalue weighted by molar-refractivity contribution is -0.384. The third kappa shape index (κ3) is 8.17. The lowest BCUT2D eigenvalue weighted by Gasteiger charge is -2.32. The van der Waals surface area contributed by atoms with Crippen molar-refractivity contribution < 1.29 is 27.7 Å². The molecule has 0 fully saturated rings. The molecule has 0 aromatic heterocycles. The summed E-state index contributed by atoms with van der Waals surface area (Å²) in [5, 5.41) is 14.1. The van der Waals surface area contributed by atoms with Gasteiger partial charge in [0.05, 0.1) is 18.3 Å². The maximum absolute atomic E-state index is 13.6. The molecule has 0 radical (unpaired) electrons. The lowest BCUT2D eigenvalue weighted by Crippen LogP contribution is -2.51. The topological polar surface area (TPSA) is 139 Å². The van der Waals surface area contributed by atoms with Crippen molar-refractivity contribution in [2.45, 2.75) is 40.3 Å². The van der Waals surface area contributed by atoms with Gasteiger partial charge in [0.25, 0.3) is 5.69 Å². The molecule has 0 bridgehead atoms. The number of aryl methyl sites for hydroxylation is 1. The van der Waals surface area contributed by atoms with Gasteiger partial charge in [0.2, 0.25) is 21.8 Å². The molecule has 0 aliphatic heterocycles. The summed E-state index contributed by atoms with van der Waals surface area (Å²) in [7, 11) is -2.80. The van der Waals surface area contributed by atoms with E-state index >= 15 is 0 Å². The van der Waals surface area contributed by atoms with Crippen LogP contribution in [-0.4, -0.2) is 62.6 Å². The van der Waals surface area contributed by atoms with Crippen LogP contribution < -0.4 is 14.4 Å². The predicted octanol–water partition coefficient (Wildman–Crippen LogP) is 2.87. The first-order valence-electron chi connectivity index (χ1n) is 11.7. The molecule has 2 aromatic rings. The van der Waals surface area contributed by atoms with Gasteiger partial charge in [0.1, 0.15) is 24.0 Å². The van der Waals surface area contributed by atoms with E-state index < -0.39 is 33.4 Å². The highest BCUT2D eigenvalue weighted by Gasteiger charge is 2.32. The molecule has 1 N–H and O–H groups in total. The minimum atomic E-state index is -4.08. The number of carbonyl (C=O) groups excluding carboxylic acids is 2. The summed E-state index contributed by atoms with van der Waals surface area (Å²) < 4.78 is 31.5. The fourth-order valence-electron chi connectivity index (χ4n) is 3.51. The summed E-state index contributed by atoms with van der Waals surface area (Å²) in [6.45, 7) is 7.15. The largest absolute Gasteiger partial charge is 0.495 e. The van der Waals surface area contributed by atoms with E-state index in [4.69, 9.17) is 4.74 Å². The molecule has 0 aliphatic carbocycles. The van der Waals surface area contributed by atoms with Crippen molar-refractivity contribution in [3.05, 3.63) is 63.7 Å². The van der Waals surface area contributed by atoms with Crippen molar-refractivity contribution in [2.75, 3.05) is 30.8 Å². The van der Waals surface area contributed by atoms with Crippen LogP contribution in [0.5, 0.6) is 5.75 Å². The van der Waals surface area contributed by atoms with Gasteiger partial charge in [-0.15, -0.1) is 0 Å². The number of hydrogen-bond donors (Lipinski definition) is 1. The molecule has 1 atom stereocenters. The number of nitrogens with one attached hydrogen (secondary N) is 1. The highest BCUT2D eigenvalue weighted by Crippen LogP contribution is 2.33. The van der Waals surface area contributed by atoms with Crippen LogP contribution in [0.3, 0.4) is 0 Å².